The van der Waals surface area contributed by atoms with Crippen LogP contribution in [0.25, 0.3) is 0 Å². The van der Waals surface area contributed by atoms with Crippen LogP contribution < -0.4 is 5.32 Å². The van der Waals surface area contributed by atoms with E-state index < -0.39 is 0 Å². The first kappa shape index (κ1) is 19.6. The van der Waals surface area contributed by atoms with E-state index in [1.807, 2.05) is 29.2 Å². The number of carbonyl (C=O) groups excluding carboxylic acids is 1. The van der Waals surface area contributed by atoms with Crippen molar-refractivity contribution in [2.24, 2.45) is 5.41 Å². The molecule has 0 bridgehead atoms. The molecule has 2 heterocycles. The van der Waals surface area contributed by atoms with Crippen molar-refractivity contribution in [1.29, 1.82) is 0 Å². The quantitative estimate of drug-likeness (QED) is 0.824. The lowest BCUT2D eigenvalue weighted by Crippen LogP contribution is -2.45. The third-order valence-corrected chi connectivity index (χ3v) is 6.26. The van der Waals surface area contributed by atoms with Gasteiger partial charge in [0.05, 0.1) is 12.6 Å². The van der Waals surface area contributed by atoms with E-state index in [-0.39, 0.29) is 17.4 Å². The van der Waals surface area contributed by atoms with E-state index in [4.69, 9.17) is 16.3 Å². The van der Waals surface area contributed by atoms with E-state index in [2.05, 4.69) is 17.3 Å². The Balaban J connectivity index is 1.73. The molecule has 1 aromatic carbocycles. The van der Waals surface area contributed by atoms with Crippen LogP contribution in [-0.2, 0) is 16.1 Å². The Morgan fingerprint density at radius 2 is 2.12 bits per heavy atom. The minimum atomic E-state index is -0.0487. The maximum absolute atomic E-state index is 13.4. The highest BCUT2D eigenvalue weighted by Crippen LogP contribution is 2.41. The predicted molar refractivity (Wildman–Crippen MR) is 104 cm³/mol. The standard InChI is InChI=1S/C20H30ClN3O2/c1-23-15-20(7-9-22-10-8-20)13-18(23)19(25)24(11-12-26-2)14-16-5-3-4-6-17(16)21/h3-6,18,22H,7-15H2,1-2H3/t18-/m0/s1. The summed E-state index contributed by atoms with van der Waals surface area (Å²) in [6, 6.07) is 7.70. The monoisotopic (exact) mass is 379 g/mol. The highest BCUT2D eigenvalue weighted by Gasteiger charge is 2.46. The molecule has 2 fully saturated rings. The first-order valence-corrected chi connectivity index (χ1v) is 9.84. The lowest BCUT2D eigenvalue weighted by molar-refractivity contribution is -0.137. The molecule has 2 aliphatic heterocycles. The van der Waals surface area contributed by atoms with Crippen LogP contribution >= 0.6 is 11.6 Å². The summed E-state index contributed by atoms with van der Waals surface area (Å²) in [6.45, 7) is 4.76. The number of amides is 1. The van der Waals surface area contributed by atoms with Gasteiger partial charge in [0.15, 0.2) is 0 Å². The predicted octanol–water partition coefficient (Wildman–Crippen LogP) is 2.39. The normalized spacial score (nSPS) is 22.7. The number of benzene rings is 1. The minimum absolute atomic E-state index is 0.0487. The van der Waals surface area contributed by atoms with Gasteiger partial charge < -0.3 is 15.0 Å². The molecule has 0 unspecified atom stereocenters. The summed E-state index contributed by atoms with van der Waals surface area (Å²) in [7, 11) is 3.76. The molecule has 0 aromatic heterocycles. The summed E-state index contributed by atoms with van der Waals surface area (Å²) in [5, 5.41) is 4.15. The number of ether oxygens (including phenoxy) is 1. The van der Waals surface area contributed by atoms with Gasteiger partial charge in [0.2, 0.25) is 5.91 Å². The fourth-order valence-corrected chi connectivity index (χ4v) is 4.57. The lowest BCUT2D eigenvalue weighted by atomic mass is 9.77. The molecule has 5 nitrogen and oxygen atoms in total. The Labute approximate surface area is 161 Å². The fraction of sp³-hybridized carbons (Fsp3) is 0.650. The van der Waals surface area contributed by atoms with Gasteiger partial charge in [0.25, 0.3) is 0 Å². The Bertz CT molecular complexity index is 619. The smallest absolute Gasteiger partial charge is 0.240 e. The molecule has 0 aliphatic carbocycles. The number of nitrogens with one attached hydrogen (secondary N) is 1. The van der Waals surface area contributed by atoms with Crippen LogP contribution in [0.4, 0.5) is 0 Å². The Hall–Kier alpha value is -1.14. The van der Waals surface area contributed by atoms with Crippen LogP contribution in [0.3, 0.4) is 0 Å². The van der Waals surface area contributed by atoms with Crippen LogP contribution in [0.5, 0.6) is 0 Å². The number of likely N-dealkylation sites (N-methyl/N-ethyl adjacent to an activating group) is 1. The van der Waals surface area contributed by atoms with Gasteiger partial charge in [0.1, 0.15) is 0 Å². The molecular formula is C20H30ClN3O2. The van der Waals surface area contributed by atoms with Gasteiger partial charge >= 0.3 is 0 Å². The third-order valence-electron chi connectivity index (χ3n) is 5.89. The van der Waals surface area contributed by atoms with Crippen molar-refractivity contribution < 1.29 is 9.53 Å². The molecule has 1 N–H and O–H groups in total. The zero-order valence-corrected chi connectivity index (χ0v) is 16.6. The second-order valence-electron chi connectivity index (χ2n) is 7.73. The summed E-state index contributed by atoms with van der Waals surface area (Å²) in [5.41, 5.74) is 1.27. The molecular weight excluding hydrogens is 350 g/mol. The molecule has 0 radical (unpaired) electrons. The van der Waals surface area contributed by atoms with Gasteiger partial charge in [0, 0.05) is 31.8 Å². The van der Waals surface area contributed by atoms with Crippen LogP contribution in [0.15, 0.2) is 24.3 Å². The molecule has 0 saturated carbocycles. The summed E-state index contributed by atoms with van der Waals surface area (Å²) in [5.74, 6) is 0.194. The van der Waals surface area contributed by atoms with Crippen molar-refractivity contribution >= 4 is 17.5 Å². The van der Waals surface area contributed by atoms with E-state index in [9.17, 15) is 4.79 Å². The van der Waals surface area contributed by atoms with Crippen LogP contribution in [-0.4, -0.2) is 68.7 Å². The number of likely N-dealkylation sites (tertiary alicyclic amines) is 1. The summed E-state index contributed by atoms with van der Waals surface area (Å²) >= 11 is 6.33. The Morgan fingerprint density at radius 3 is 2.81 bits per heavy atom. The molecule has 1 amide bonds. The van der Waals surface area contributed by atoms with Gasteiger partial charge in [-0.1, -0.05) is 29.8 Å². The van der Waals surface area contributed by atoms with E-state index in [1.165, 1.54) is 0 Å². The van der Waals surface area contributed by atoms with Crippen molar-refractivity contribution in [1.82, 2.24) is 15.1 Å². The summed E-state index contributed by atoms with van der Waals surface area (Å²) in [4.78, 5) is 17.5. The third kappa shape index (κ3) is 4.39. The van der Waals surface area contributed by atoms with Crippen molar-refractivity contribution in [3.63, 3.8) is 0 Å². The maximum atomic E-state index is 13.4. The van der Waals surface area contributed by atoms with Gasteiger partial charge in [-0.25, -0.2) is 0 Å². The summed E-state index contributed by atoms with van der Waals surface area (Å²) < 4.78 is 5.24. The van der Waals surface area contributed by atoms with Gasteiger partial charge in [-0.05, 0) is 56.4 Å². The number of hydrogen-bond donors (Lipinski definition) is 1. The zero-order chi connectivity index (χ0) is 18.6. The van der Waals surface area contributed by atoms with Crippen LogP contribution in [0.1, 0.15) is 24.8 Å². The second kappa shape index (κ2) is 8.70. The van der Waals surface area contributed by atoms with Crippen LogP contribution in [0, 0.1) is 5.41 Å². The SMILES string of the molecule is COCCN(Cc1ccccc1Cl)C(=O)[C@@H]1CC2(CCNCC2)CN1C. The number of halogens is 1. The van der Waals surface area contributed by atoms with Crippen molar-refractivity contribution in [2.75, 3.05) is 46.9 Å². The highest BCUT2D eigenvalue weighted by molar-refractivity contribution is 6.31. The highest BCUT2D eigenvalue weighted by atomic mass is 35.5. The Kier molecular flexibility index (Phi) is 6.56. The number of methoxy groups -OCH3 is 1. The molecule has 144 valence electrons. The average Bonchev–Trinajstić information content (AvgIpc) is 2.95. The van der Waals surface area contributed by atoms with Gasteiger partial charge in [-0.3, -0.25) is 9.69 Å². The lowest BCUT2D eigenvalue weighted by Gasteiger charge is -2.33. The van der Waals surface area contributed by atoms with Gasteiger partial charge in [-0.15, -0.1) is 0 Å². The minimum Gasteiger partial charge on any atom is -0.383 e. The van der Waals surface area contributed by atoms with Crippen molar-refractivity contribution in [2.45, 2.75) is 31.8 Å². The van der Waals surface area contributed by atoms with E-state index in [0.717, 1.165) is 44.5 Å². The number of piperidine rings is 1. The Morgan fingerprint density at radius 1 is 1.38 bits per heavy atom. The maximum Gasteiger partial charge on any atom is 0.240 e. The van der Waals surface area contributed by atoms with E-state index in [0.29, 0.717) is 24.7 Å². The van der Waals surface area contributed by atoms with Gasteiger partial charge in [-0.2, -0.15) is 0 Å². The fourth-order valence-electron chi connectivity index (χ4n) is 4.38. The number of carbonyl (C=O) groups is 1. The molecule has 1 spiro atoms. The second-order valence-corrected chi connectivity index (χ2v) is 8.14. The first-order chi connectivity index (χ1) is 12.5. The number of nitrogens with zero attached hydrogens (tertiary/aromatic N) is 2. The molecule has 6 heteroatoms. The molecule has 1 aromatic rings. The first-order valence-electron chi connectivity index (χ1n) is 9.47. The van der Waals surface area contributed by atoms with E-state index in [1.54, 1.807) is 7.11 Å². The zero-order valence-electron chi connectivity index (χ0n) is 15.8. The molecule has 2 aliphatic rings. The molecule has 3 rings (SSSR count). The van der Waals surface area contributed by atoms with E-state index >= 15 is 0 Å². The molecule has 2 saturated heterocycles. The number of hydrogen-bond acceptors (Lipinski definition) is 4. The summed E-state index contributed by atoms with van der Waals surface area (Å²) in [6.07, 6.45) is 3.27. The molecule has 26 heavy (non-hydrogen) atoms. The topological polar surface area (TPSA) is 44.8 Å². The van der Waals surface area contributed by atoms with Crippen molar-refractivity contribution in [3.05, 3.63) is 34.9 Å². The number of rotatable bonds is 6. The average molecular weight is 380 g/mol. The molecule has 1 atom stereocenters. The largest absolute Gasteiger partial charge is 0.383 e. The van der Waals surface area contributed by atoms with Crippen LogP contribution in [0.2, 0.25) is 5.02 Å². The van der Waals surface area contributed by atoms with Crippen molar-refractivity contribution in [3.8, 4) is 0 Å².